The molecular weight excluding hydrogens is 357 g/mol. The van der Waals surface area contributed by atoms with Crippen LogP contribution in [-0.4, -0.2) is 40.7 Å². The number of hydrogen-bond acceptors (Lipinski definition) is 5. The summed E-state index contributed by atoms with van der Waals surface area (Å²) in [7, 11) is 0. The second kappa shape index (κ2) is 7.00. The van der Waals surface area contributed by atoms with Gasteiger partial charge >= 0.3 is 12.3 Å². The van der Waals surface area contributed by atoms with E-state index in [1.165, 1.54) is 4.90 Å². The molecule has 0 radical (unpaired) electrons. The molecule has 1 atom stereocenters. The summed E-state index contributed by atoms with van der Waals surface area (Å²) in [5, 5.41) is 10.9. The highest BCUT2D eigenvalue weighted by Gasteiger charge is 2.35. The van der Waals surface area contributed by atoms with Crippen LogP contribution in [0.15, 0.2) is 18.2 Å². The van der Waals surface area contributed by atoms with Gasteiger partial charge in [-0.05, 0) is 26.8 Å². The minimum absolute atomic E-state index is 0.124. The number of alkyl halides is 3. The van der Waals surface area contributed by atoms with E-state index in [2.05, 4.69) is 0 Å². The number of likely N-dealkylation sites (tertiary alicyclic amines) is 1. The highest BCUT2D eigenvalue weighted by molar-refractivity contribution is 5.68. The quantitative estimate of drug-likeness (QED) is 0.588. The number of nitro groups is 1. The molecule has 10 heteroatoms. The predicted octanol–water partition coefficient (Wildman–Crippen LogP) is 4.00. The molecule has 0 saturated carbocycles. The fourth-order valence-electron chi connectivity index (χ4n) is 2.43. The minimum Gasteiger partial charge on any atom is -0.488 e. The summed E-state index contributed by atoms with van der Waals surface area (Å²) in [6.07, 6.45) is -5.48. The Morgan fingerprint density at radius 3 is 2.46 bits per heavy atom. The van der Waals surface area contributed by atoms with Crippen molar-refractivity contribution >= 4 is 11.8 Å². The molecule has 2 rings (SSSR count). The van der Waals surface area contributed by atoms with E-state index in [1.807, 2.05) is 0 Å². The van der Waals surface area contributed by atoms with Gasteiger partial charge in [0.25, 0.3) is 5.69 Å². The Morgan fingerprint density at radius 1 is 1.27 bits per heavy atom. The van der Waals surface area contributed by atoms with E-state index < -0.39 is 40.1 Å². The lowest BCUT2D eigenvalue weighted by molar-refractivity contribution is -0.385. The molecule has 0 unspecified atom stereocenters. The standard InChI is InChI=1S/C16H19F3N2O5/c1-15(2,3)26-14(22)20-5-4-12(9-20)25-13-7-10(16(17,18)19)6-11(8-13)21(23)24/h6-8,12H,4-5,9H2,1-3H3/t12-/m1/s1. The van der Waals surface area contributed by atoms with Gasteiger partial charge in [-0.3, -0.25) is 10.1 Å². The van der Waals surface area contributed by atoms with Crippen LogP contribution < -0.4 is 4.74 Å². The third-order valence-electron chi connectivity index (χ3n) is 3.53. The van der Waals surface area contributed by atoms with Gasteiger partial charge in [-0.2, -0.15) is 13.2 Å². The largest absolute Gasteiger partial charge is 0.488 e. The van der Waals surface area contributed by atoms with Gasteiger partial charge in [-0.15, -0.1) is 0 Å². The van der Waals surface area contributed by atoms with Crippen LogP contribution >= 0.6 is 0 Å². The molecule has 0 spiro atoms. The lowest BCUT2D eigenvalue weighted by atomic mass is 10.2. The van der Waals surface area contributed by atoms with E-state index in [4.69, 9.17) is 9.47 Å². The SMILES string of the molecule is CC(C)(C)OC(=O)N1CC[C@@H](Oc2cc([N+](=O)[O-])cc(C(F)(F)F)c2)C1. The number of carbonyl (C=O) groups is 1. The molecule has 0 aromatic heterocycles. The molecule has 1 aromatic rings. The van der Waals surface area contributed by atoms with E-state index in [9.17, 15) is 28.1 Å². The van der Waals surface area contributed by atoms with Gasteiger partial charge in [-0.1, -0.05) is 0 Å². The summed E-state index contributed by atoms with van der Waals surface area (Å²) >= 11 is 0. The van der Waals surface area contributed by atoms with E-state index >= 15 is 0 Å². The summed E-state index contributed by atoms with van der Waals surface area (Å²) in [6.45, 7) is 5.60. The Morgan fingerprint density at radius 2 is 1.92 bits per heavy atom. The number of nitro benzene ring substituents is 1. The lowest BCUT2D eigenvalue weighted by Crippen LogP contribution is -2.36. The number of hydrogen-bond donors (Lipinski definition) is 0. The first-order valence-corrected chi connectivity index (χ1v) is 7.86. The normalized spacial score (nSPS) is 17.9. The molecule has 7 nitrogen and oxygen atoms in total. The maximum atomic E-state index is 12.9. The highest BCUT2D eigenvalue weighted by atomic mass is 19.4. The number of halogens is 3. The molecule has 1 fully saturated rings. The molecular formula is C16H19F3N2O5. The van der Waals surface area contributed by atoms with Crippen LogP contribution in [0.25, 0.3) is 0 Å². The van der Waals surface area contributed by atoms with E-state index in [0.29, 0.717) is 25.1 Å². The van der Waals surface area contributed by atoms with E-state index in [1.54, 1.807) is 20.8 Å². The van der Waals surface area contributed by atoms with Crippen LogP contribution in [0.3, 0.4) is 0 Å². The zero-order chi connectivity index (χ0) is 19.7. The molecule has 0 aliphatic carbocycles. The fourth-order valence-corrected chi connectivity index (χ4v) is 2.43. The molecule has 1 saturated heterocycles. The Hall–Kier alpha value is -2.52. The van der Waals surface area contributed by atoms with Crippen molar-refractivity contribution in [2.45, 2.75) is 45.1 Å². The van der Waals surface area contributed by atoms with Crippen molar-refractivity contribution in [3.8, 4) is 5.75 Å². The number of nitrogens with zero attached hydrogens (tertiary/aromatic N) is 2. The number of non-ortho nitro benzene ring substituents is 1. The van der Waals surface area contributed by atoms with Gasteiger partial charge in [0.05, 0.1) is 23.1 Å². The molecule has 0 N–H and O–H groups in total. The fraction of sp³-hybridized carbons (Fsp3) is 0.562. The van der Waals surface area contributed by atoms with Crippen molar-refractivity contribution in [1.82, 2.24) is 4.90 Å². The van der Waals surface area contributed by atoms with Crippen molar-refractivity contribution in [3.63, 3.8) is 0 Å². The summed E-state index contributed by atoms with van der Waals surface area (Å²) < 4.78 is 49.4. The third-order valence-corrected chi connectivity index (χ3v) is 3.53. The Balaban J connectivity index is 2.11. The van der Waals surface area contributed by atoms with Crippen LogP contribution in [0.2, 0.25) is 0 Å². The van der Waals surface area contributed by atoms with Crippen LogP contribution in [0, 0.1) is 10.1 Å². The maximum Gasteiger partial charge on any atom is 0.416 e. The first-order valence-electron chi connectivity index (χ1n) is 7.86. The zero-order valence-corrected chi connectivity index (χ0v) is 14.5. The van der Waals surface area contributed by atoms with Crippen LogP contribution in [0.1, 0.15) is 32.8 Å². The van der Waals surface area contributed by atoms with Crippen molar-refractivity contribution in [2.24, 2.45) is 0 Å². The molecule has 1 aliphatic heterocycles. The second-order valence-electron chi connectivity index (χ2n) is 6.93. The van der Waals surface area contributed by atoms with Crippen molar-refractivity contribution < 1.29 is 32.4 Å². The molecule has 1 aromatic carbocycles. The van der Waals surface area contributed by atoms with Gasteiger partial charge in [0.15, 0.2) is 0 Å². The Kier molecular flexibility index (Phi) is 5.33. The molecule has 1 aliphatic rings. The molecule has 144 valence electrons. The molecule has 1 amide bonds. The highest BCUT2D eigenvalue weighted by Crippen LogP contribution is 2.35. The van der Waals surface area contributed by atoms with Crippen LogP contribution in [0.5, 0.6) is 5.75 Å². The number of amides is 1. The minimum atomic E-state index is -4.73. The van der Waals surface area contributed by atoms with Crippen LogP contribution in [0.4, 0.5) is 23.7 Å². The Labute approximate surface area is 147 Å². The summed E-state index contributed by atoms with van der Waals surface area (Å²) in [5.41, 5.74) is -2.54. The molecule has 26 heavy (non-hydrogen) atoms. The third kappa shape index (κ3) is 5.24. The van der Waals surface area contributed by atoms with Gasteiger partial charge in [0.1, 0.15) is 17.5 Å². The lowest BCUT2D eigenvalue weighted by Gasteiger charge is -2.24. The molecule has 1 heterocycles. The number of ether oxygens (including phenoxy) is 2. The van der Waals surface area contributed by atoms with Gasteiger partial charge in [0.2, 0.25) is 0 Å². The van der Waals surface area contributed by atoms with Crippen molar-refractivity contribution in [2.75, 3.05) is 13.1 Å². The first kappa shape index (κ1) is 19.8. The predicted molar refractivity (Wildman–Crippen MR) is 84.9 cm³/mol. The van der Waals surface area contributed by atoms with Gasteiger partial charge in [0, 0.05) is 19.0 Å². The number of rotatable bonds is 3. The second-order valence-corrected chi connectivity index (χ2v) is 6.93. The first-order chi connectivity index (χ1) is 11.8. The monoisotopic (exact) mass is 376 g/mol. The topological polar surface area (TPSA) is 81.9 Å². The van der Waals surface area contributed by atoms with E-state index in [-0.39, 0.29) is 12.3 Å². The Bertz CT molecular complexity index is 700. The van der Waals surface area contributed by atoms with E-state index in [0.717, 1.165) is 6.07 Å². The van der Waals surface area contributed by atoms with Crippen molar-refractivity contribution in [1.29, 1.82) is 0 Å². The van der Waals surface area contributed by atoms with Crippen LogP contribution in [-0.2, 0) is 10.9 Å². The van der Waals surface area contributed by atoms with Crippen molar-refractivity contribution in [3.05, 3.63) is 33.9 Å². The summed E-state index contributed by atoms with van der Waals surface area (Å²) in [4.78, 5) is 23.3. The molecule has 0 bridgehead atoms. The average Bonchev–Trinajstić information content (AvgIpc) is 2.92. The van der Waals surface area contributed by atoms with Gasteiger partial charge in [-0.25, -0.2) is 4.79 Å². The number of carbonyl (C=O) groups excluding carboxylic acids is 1. The van der Waals surface area contributed by atoms with Gasteiger partial charge < -0.3 is 14.4 Å². The smallest absolute Gasteiger partial charge is 0.416 e. The maximum absolute atomic E-state index is 12.9. The zero-order valence-electron chi connectivity index (χ0n) is 14.5. The summed E-state index contributed by atoms with van der Waals surface area (Å²) in [6, 6.07) is 2.10. The average molecular weight is 376 g/mol. The summed E-state index contributed by atoms with van der Waals surface area (Å²) in [5.74, 6) is -0.262. The number of benzene rings is 1.